The summed E-state index contributed by atoms with van der Waals surface area (Å²) in [6, 6.07) is 3.60. The average Bonchev–Trinajstić information content (AvgIpc) is 2.94. The first-order valence-corrected chi connectivity index (χ1v) is 7.84. The van der Waals surface area contributed by atoms with Gasteiger partial charge in [0.15, 0.2) is 0 Å². The van der Waals surface area contributed by atoms with E-state index < -0.39 is 17.7 Å². The number of para-hydroxylation sites is 1. The van der Waals surface area contributed by atoms with E-state index in [1.807, 2.05) is 0 Å². The van der Waals surface area contributed by atoms with Gasteiger partial charge in [0.05, 0.1) is 28.4 Å². The van der Waals surface area contributed by atoms with Crippen LogP contribution in [0.25, 0.3) is 0 Å². The molecule has 6 nitrogen and oxygen atoms in total. The molecule has 2 aromatic rings. The highest BCUT2D eigenvalue weighted by Gasteiger charge is 2.17. The molecule has 4 N–H and O–H groups in total. The predicted octanol–water partition coefficient (Wildman–Crippen LogP) is 2.05. The Morgan fingerprint density at radius 2 is 2.17 bits per heavy atom. The maximum Gasteiger partial charge on any atom is 0.337 e. The summed E-state index contributed by atoms with van der Waals surface area (Å²) in [7, 11) is 0. The molecule has 1 aromatic heterocycles. The molecule has 0 saturated carbocycles. The number of nitrogens with zero attached hydrogens (tertiary/aromatic N) is 1. The van der Waals surface area contributed by atoms with Crippen LogP contribution in [0.4, 0.5) is 10.1 Å². The molecule has 122 valence electrons. The number of hydrogen-bond acceptors (Lipinski definition) is 5. The van der Waals surface area contributed by atoms with E-state index >= 15 is 0 Å². The number of aromatic nitrogens is 1. The molecule has 0 atom stereocenters. The second kappa shape index (κ2) is 7.80. The zero-order valence-electron chi connectivity index (χ0n) is 12.2. The molecular weight excluding hydrogens is 321 g/mol. The van der Waals surface area contributed by atoms with Crippen molar-refractivity contribution in [2.24, 2.45) is 5.73 Å². The smallest absolute Gasteiger partial charge is 0.337 e. The molecule has 0 fully saturated rings. The Bertz CT molecular complexity index is 718. The van der Waals surface area contributed by atoms with Crippen LogP contribution in [-0.2, 0) is 17.6 Å². The Morgan fingerprint density at radius 3 is 2.87 bits per heavy atom. The van der Waals surface area contributed by atoms with Gasteiger partial charge in [0.1, 0.15) is 5.82 Å². The van der Waals surface area contributed by atoms with E-state index in [1.54, 1.807) is 5.38 Å². The fourth-order valence-electron chi connectivity index (χ4n) is 1.98. The van der Waals surface area contributed by atoms with Crippen molar-refractivity contribution >= 4 is 28.9 Å². The van der Waals surface area contributed by atoms with E-state index in [4.69, 9.17) is 10.8 Å². The highest BCUT2D eigenvalue weighted by atomic mass is 32.1. The molecule has 1 heterocycles. The van der Waals surface area contributed by atoms with Gasteiger partial charge in [-0.3, -0.25) is 4.79 Å². The lowest BCUT2D eigenvalue weighted by atomic mass is 10.1. The number of thiazole rings is 1. The molecule has 23 heavy (non-hydrogen) atoms. The van der Waals surface area contributed by atoms with Crippen LogP contribution in [0.5, 0.6) is 0 Å². The molecule has 0 aliphatic rings. The van der Waals surface area contributed by atoms with Crippen molar-refractivity contribution in [1.82, 2.24) is 4.98 Å². The number of carboxylic acids is 1. The number of carbonyl (C=O) groups is 2. The Balaban J connectivity index is 2.05. The number of amides is 1. The van der Waals surface area contributed by atoms with E-state index in [0.29, 0.717) is 12.2 Å². The summed E-state index contributed by atoms with van der Waals surface area (Å²) in [5.74, 6) is -2.62. The Hall–Kier alpha value is -2.32. The van der Waals surface area contributed by atoms with Gasteiger partial charge in [0.25, 0.3) is 0 Å². The van der Waals surface area contributed by atoms with Crippen molar-refractivity contribution in [2.75, 3.05) is 11.9 Å². The number of anilines is 1. The number of benzene rings is 1. The van der Waals surface area contributed by atoms with Gasteiger partial charge < -0.3 is 16.2 Å². The van der Waals surface area contributed by atoms with Crippen molar-refractivity contribution in [1.29, 1.82) is 0 Å². The minimum atomic E-state index is -1.31. The van der Waals surface area contributed by atoms with Crippen LogP contribution in [0, 0.1) is 5.82 Å². The molecule has 0 spiro atoms. The summed E-state index contributed by atoms with van der Waals surface area (Å²) >= 11 is 1.43. The number of halogens is 1. The van der Waals surface area contributed by atoms with Crippen molar-refractivity contribution in [3.05, 3.63) is 45.7 Å². The van der Waals surface area contributed by atoms with Crippen molar-refractivity contribution in [2.45, 2.75) is 19.3 Å². The molecule has 0 aliphatic heterocycles. The number of carbonyl (C=O) groups excluding carboxylic acids is 1. The molecular formula is C15H16FN3O3S. The van der Waals surface area contributed by atoms with E-state index in [2.05, 4.69) is 10.3 Å². The zero-order valence-corrected chi connectivity index (χ0v) is 13.0. The minimum absolute atomic E-state index is 0.0491. The zero-order chi connectivity index (χ0) is 16.8. The lowest BCUT2D eigenvalue weighted by Crippen LogP contribution is -2.18. The first-order valence-electron chi connectivity index (χ1n) is 6.96. The largest absolute Gasteiger partial charge is 0.478 e. The Kier molecular flexibility index (Phi) is 5.78. The molecule has 8 heteroatoms. The van der Waals surface area contributed by atoms with Crippen molar-refractivity contribution in [3.63, 3.8) is 0 Å². The molecule has 0 aliphatic carbocycles. The maximum absolute atomic E-state index is 13.7. The van der Waals surface area contributed by atoms with Crippen molar-refractivity contribution < 1.29 is 19.1 Å². The SMILES string of the molecule is NCCCc1nc(CC(=O)Nc2c(F)cccc2C(=O)O)cs1. The van der Waals surface area contributed by atoms with E-state index in [-0.39, 0.29) is 17.7 Å². The van der Waals surface area contributed by atoms with Gasteiger partial charge in [-0.05, 0) is 25.1 Å². The second-order valence-electron chi connectivity index (χ2n) is 4.82. The number of hydrogen-bond donors (Lipinski definition) is 3. The fourth-order valence-corrected chi connectivity index (χ4v) is 2.82. The standard InChI is InChI=1S/C15H16FN3O3S/c16-11-4-1-3-10(15(21)22)14(11)19-12(20)7-9-8-23-13(18-9)5-2-6-17/h1,3-4,8H,2,5-7,17H2,(H,19,20)(H,21,22). The highest BCUT2D eigenvalue weighted by molar-refractivity contribution is 7.09. The number of nitrogens with two attached hydrogens (primary N) is 1. The average molecular weight is 337 g/mol. The molecule has 0 unspecified atom stereocenters. The van der Waals surface area contributed by atoms with Crippen LogP contribution in [0.1, 0.15) is 27.5 Å². The van der Waals surface area contributed by atoms with Gasteiger partial charge in [-0.1, -0.05) is 6.07 Å². The molecule has 2 rings (SSSR count). The van der Waals surface area contributed by atoms with Crippen LogP contribution in [0.2, 0.25) is 0 Å². The molecule has 0 saturated heterocycles. The summed E-state index contributed by atoms with van der Waals surface area (Å²) in [6.45, 7) is 0.570. The topological polar surface area (TPSA) is 105 Å². The lowest BCUT2D eigenvalue weighted by molar-refractivity contribution is -0.115. The highest BCUT2D eigenvalue weighted by Crippen LogP contribution is 2.20. The molecule has 1 aromatic carbocycles. The number of aryl methyl sites for hydroxylation is 1. The summed E-state index contributed by atoms with van der Waals surface area (Å²) in [6.07, 6.45) is 1.52. The van der Waals surface area contributed by atoms with Crippen LogP contribution in [0.15, 0.2) is 23.6 Å². The fraction of sp³-hybridized carbons (Fsp3) is 0.267. The van der Waals surface area contributed by atoms with Gasteiger partial charge in [0, 0.05) is 11.8 Å². The molecule has 0 bridgehead atoms. The van der Waals surface area contributed by atoms with Gasteiger partial charge >= 0.3 is 5.97 Å². The normalized spacial score (nSPS) is 10.5. The lowest BCUT2D eigenvalue weighted by Gasteiger charge is -2.08. The van der Waals surface area contributed by atoms with Crippen LogP contribution in [-0.4, -0.2) is 28.5 Å². The minimum Gasteiger partial charge on any atom is -0.478 e. The summed E-state index contributed by atoms with van der Waals surface area (Å²) in [4.78, 5) is 27.4. The third-order valence-electron chi connectivity index (χ3n) is 3.04. The maximum atomic E-state index is 13.7. The Morgan fingerprint density at radius 1 is 1.39 bits per heavy atom. The summed E-state index contributed by atoms with van der Waals surface area (Å²) in [5, 5.41) is 14.0. The van der Waals surface area contributed by atoms with Crippen LogP contribution in [0.3, 0.4) is 0 Å². The van der Waals surface area contributed by atoms with E-state index in [0.717, 1.165) is 23.9 Å². The predicted molar refractivity (Wildman–Crippen MR) is 85.2 cm³/mol. The molecule has 0 radical (unpaired) electrons. The monoisotopic (exact) mass is 337 g/mol. The number of carboxylic acid groups (broad SMARTS) is 1. The van der Waals surface area contributed by atoms with Crippen LogP contribution >= 0.6 is 11.3 Å². The van der Waals surface area contributed by atoms with Crippen LogP contribution < -0.4 is 11.1 Å². The van der Waals surface area contributed by atoms with Gasteiger partial charge in [0.2, 0.25) is 5.91 Å². The number of rotatable bonds is 7. The third-order valence-corrected chi connectivity index (χ3v) is 4.00. The van der Waals surface area contributed by atoms with Crippen molar-refractivity contribution in [3.8, 4) is 0 Å². The van der Waals surface area contributed by atoms with Gasteiger partial charge in [-0.25, -0.2) is 14.2 Å². The van der Waals surface area contributed by atoms with E-state index in [9.17, 15) is 14.0 Å². The number of nitrogens with one attached hydrogen (secondary N) is 1. The molecule has 1 amide bonds. The van der Waals surface area contributed by atoms with E-state index in [1.165, 1.54) is 23.5 Å². The first-order chi connectivity index (χ1) is 11.0. The Labute approximate surface area is 136 Å². The first kappa shape index (κ1) is 17.0. The van der Waals surface area contributed by atoms with Gasteiger partial charge in [-0.15, -0.1) is 11.3 Å². The van der Waals surface area contributed by atoms with Gasteiger partial charge in [-0.2, -0.15) is 0 Å². The quantitative estimate of drug-likeness (QED) is 0.717. The summed E-state index contributed by atoms with van der Waals surface area (Å²) < 4.78 is 13.7. The summed E-state index contributed by atoms with van der Waals surface area (Å²) in [5.41, 5.74) is 5.37. The third kappa shape index (κ3) is 4.57. The second-order valence-corrected chi connectivity index (χ2v) is 5.76. The number of aromatic carboxylic acids is 1.